The van der Waals surface area contributed by atoms with E-state index in [-0.39, 0.29) is 40.3 Å². The van der Waals surface area contributed by atoms with Gasteiger partial charge in [0.1, 0.15) is 24.0 Å². The van der Waals surface area contributed by atoms with Crippen molar-refractivity contribution < 1.29 is 19.1 Å². The molecular formula is C41H50ClN7O5. The Morgan fingerprint density at radius 3 is 2.43 bits per heavy atom. The molecule has 2 N–H and O–H groups in total. The summed E-state index contributed by atoms with van der Waals surface area (Å²) >= 11 is 6.24. The van der Waals surface area contributed by atoms with Crippen LogP contribution in [0.15, 0.2) is 71.8 Å². The van der Waals surface area contributed by atoms with E-state index in [2.05, 4.69) is 65.9 Å². The van der Waals surface area contributed by atoms with Crippen molar-refractivity contribution in [2.75, 3.05) is 50.8 Å². The van der Waals surface area contributed by atoms with Gasteiger partial charge < -0.3 is 25.0 Å². The summed E-state index contributed by atoms with van der Waals surface area (Å²) in [4.78, 5) is 43.0. The first kappa shape index (κ1) is 39.0. The Labute approximate surface area is 322 Å². The predicted molar refractivity (Wildman–Crippen MR) is 208 cm³/mol. The first-order chi connectivity index (χ1) is 25.8. The average Bonchev–Trinajstić information content (AvgIpc) is 3.15. The number of nitriles is 1. The highest BCUT2D eigenvalue weighted by atomic mass is 35.5. The Morgan fingerprint density at radius 1 is 1.06 bits per heavy atom. The Morgan fingerprint density at radius 2 is 1.78 bits per heavy atom. The molecule has 2 aromatic carbocycles. The van der Waals surface area contributed by atoms with Gasteiger partial charge in [-0.15, -0.1) is 0 Å². The summed E-state index contributed by atoms with van der Waals surface area (Å²) in [5, 5.41) is 19.8. The fraction of sp³-hybridized carbons (Fsp3) is 0.488. The van der Waals surface area contributed by atoms with Crippen LogP contribution in [0.3, 0.4) is 0 Å². The maximum absolute atomic E-state index is 13.4. The van der Waals surface area contributed by atoms with Crippen molar-refractivity contribution in [2.45, 2.75) is 71.6 Å². The highest BCUT2D eigenvalue weighted by molar-refractivity contribution is 6.31. The second-order valence-electron chi connectivity index (χ2n) is 15.7. The predicted octanol–water partition coefficient (Wildman–Crippen LogP) is 5.12. The molecule has 3 aliphatic rings. The van der Waals surface area contributed by atoms with Crippen molar-refractivity contribution in [1.29, 1.82) is 5.26 Å². The van der Waals surface area contributed by atoms with E-state index in [1.54, 1.807) is 30.5 Å². The van der Waals surface area contributed by atoms with Crippen LogP contribution in [0.4, 0.5) is 5.69 Å². The van der Waals surface area contributed by atoms with Crippen LogP contribution in [0.5, 0.6) is 5.75 Å². The molecule has 3 fully saturated rings. The maximum atomic E-state index is 13.4. The number of carbonyl (C=O) groups excluding carboxylic acids is 2. The summed E-state index contributed by atoms with van der Waals surface area (Å²) < 4.78 is 13.5. The third-order valence-corrected chi connectivity index (χ3v) is 11.4. The van der Waals surface area contributed by atoms with Crippen molar-refractivity contribution in [3.63, 3.8) is 0 Å². The lowest BCUT2D eigenvalue weighted by molar-refractivity contribution is -0.164. The molecule has 1 aromatic heterocycles. The second-order valence-corrected chi connectivity index (χ2v) is 16.1. The topological polar surface area (TPSA) is 142 Å². The number of carbonyl (C=O) groups is 2. The number of rotatable bonds is 13. The van der Waals surface area contributed by atoms with Gasteiger partial charge in [-0.05, 0) is 67.6 Å². The molecule has 0 bridgehead atoms. The van der Waals surface area contributed by atoms with Crippen molar-refractivity contribution in [3.8, 4) is 11.8 Å². The molecule has 6 rings (SSSR count). The number of halogens is 1. The van der Waals surface area contributed by atoms with E-state index in [1.807, 2.05) is 24.3 Å². The van der Waals surface area contributed by atoms with Crippen molar-refractivity contribution in [3.05, 3.63) is 99.1 Å². The largest absolute Gasteiger partial charge is 0.489 e. The van der Waals surface area contributed by atoms with Crippen LogP contribution in [-0.2, 0) is 16.0 Å². The SMILES string of the molecule is C=C1CCC(n2ncc(CCCOCCN3CCN(c4ccc(C(=O)NC5C(C)(C)C(Oc6ccc(C#N)c(Cl)c6)C5(C)C)cc4)CC3)cc2=O)C(=O)N1. The number of anilines is 1. The zero-order chi connectivity index (χ0) is 38.6. The third-order valence-electron chi connectivity index (χ3n) is 11.1. The lowest BCUT2D eigenvalue weighted by atomic mass is 9.49. The number of aryl methyl sites for hydroxylation is 1. The highest BCUT2D eigenvalue weighted by Crippen LogP contribution is 2.55. The molecule has 54 heavy (non-hydrogen) atoms. The smallest absolute Gasteiger partial charge is 0.267 e. The average molecular weight is 756 g/mol. The van der Waals surface area contributed by atoms with Gasteiger partial charge in [0, 0.05) is 85.3 Å². The number of hydrogen-bond donors (Lipinski definition) is 2. The van der Waals surface area contributed by atoms with Gasteiger partial charge in [-0.3, -0.25) is 19.3 Å². The Bertz CT molecular complexity index is 1950. The van der Waals surface area contributed by atoms with Gasteiger partial charge in [0.05, 0.1) is 23.4 Å². The maximum Gasteiger partial charge on any atom is 0.267 e. The van der Waals surface area contributed by atoms with Crippen LogP contribution < -0.4 is 25.8 Å². The quantitative estimate of drug-likeness (QED) is 0.228. The minimum absolute atomic E-state index is 0.113. The molecule has 1 saturated carbocycles. The van der Waals surface area contributed by atoms with E-state index < -0.39 is 6.04 Å². The van der Waals surface area contributed by atoms with E-state index in [0.29, 0.717) is 60.1 Å². The van der Waals surface area contributed by atoms with E-state index in [0.717, 1.165) is 50.4 Å². The number of nitrogens with one attached hydrogen (secondary N) is 2. The number of aromatic nitrogens is 2. The first-order valence-corrected chi connectivity index (χ1v) is 19.0. The zero-order valence-electron chi connectivity index (χ0n) is 31.6. The Kier molecular flexibility index (Phi) is 11.8. The second kappa shape index (κ2) is 16.3. The number of nitrogens with zero attached hydrogens (tertiary/aromatic N) is 5. The van der Waals surface area contributed by atoms with E-state index in [9.17, 15) is 19.6 Å². The van der Waals surface area contributed by atoms with Crippen molar-refractivity contribution in [2.24, 2.45) is 10.8 Å². The summed E-state index contributed by atoms with van der Waals surface area (Å²) in [5.74, 6) is 0.247. The minimum Gasteiger partial charge on any atom is -0.489 e. The molecular weight excluding hydrogens is 706 g/mol. The van der Waals surface area contributed by atoms with Gasteiger partial charge in [0.15, 0.2) is 0 Å². The van der Waals surface area contributed by atoms with Gasteiger partial charge in [-0.25, -0.2) is 4.68 Å². The van der Waals surface area contributed by atoms with Crippen LogP contribution in [0.2, 0.25) is 5.02 Å². The molecule has 13 heteroatoms. The van der Waals surface area contributed by atoms with E-state index >= 15 is 0 Å². The number of ether oxygens (including phenoxy) is 2. The molecule has 12 nitrogen and oxygen atoms in total. The summed E-state index contributed by atoms with van der Waals surface area (Å²) in [5.41, 5.74) is 2.66. The molecule has 2 amide bonds. The molecule has 1 unspecified atom stereocenters. The molecule has 0 radical (unpaired) electrons. The number of piperidine rings is 1. The van der Waals surface area contributed by atoms with Crippen LogP contribution in [0.25, 0.3) is 0 Å². The zero-order valence-corrected chi connectivity index (χ0v) is 32.3. The van der Waals surface area contributed by atoms with Crippen LogP contribution in [0, 0.1) is 22.2 Å². The molecule has 2 saturated heterocycles. The number of allylic oxidation sites excluding steroid dienone is 1. The molecule has 1 atom stereocenters. The highest BCUT2D eigenvalue weighted by Gasteiger charge is 2.64. The summed E-state index contributed by atoms with van der Waals surface area (Å²) in [6.07, 6.45) is 4.10. The van der Waals surface area contributed by atoms with Crippen LogP contribution >= 0.6 is 11.6 Å². The summed E-state index contributed by atoms with van der Waals surface area (Å²) in [7, 11) is 0. The Hall–Kier alpha value is -4.70. The number of hydrogen-bond acceptors (Lipinski definition) is 9. The molecule has 286 valence electrons. The number of piperazine rings is 1. The van der Waals surface area contributed by atoms with Gasteiger partial charge in [0.2, 0.25) is 5.91 Å². The van der Waals surface area contributed by atoms with Gasteiger partial charge in [-0.2, -0.15) is 10.4 Å². The minimum atomic E-state index is -0.597. The molecule has 3 heterocycles. The van der Waals surface area contributed by atoms with Crippen molar-refractivity contribution in [1.82, 2.24) is 25.3 Å². The monoisotopic (exact) mass is 755 g/mol. The van der Waals surface area contributed by atoms with E-state index in [1.165, 1.54) is 4.68 Å². The molecule has 0 spiro atoms. The lowest BCUT2D eigenvalue weighted by Crippen LogP contribution is -2.74. The molecule has 3 aromatic rings. The van der Waals surface area contributed by atoms with Crippen LogP contribution in [-0.4, -0.2) is 84.6 Å². The van der Waals surface area contributed by atoms with Gasteiger partial charge >= 0.3 is 0 Å². The number of amides is 2. The van der Waals surface area contributed by atoms with Crippen LogP contribution in [0.1, 0.15) is 74.5 Å². The third kappa shape index (κ3) is 8.49. The summed E-state index contributed by atoms with van der Waals surface area (Å²) in [6.45, 7) is 17.9. The van der Waals surface area contributed by atoms with Crippen molar-refractivity contribution >= 4 is 29.1 Å². The number of benzene rings is 2. The fourth-order valence-electron chi connectivity index (χ4n) is 8.36. The Balaban J connectivity index is 0.890. The first-order valence-electron chi connectivity index (χ1n) is 18.7. The lowest BCUT2D eigenvalue weighted by Gasteiger charge is -2.63. The van der Waals surface area contributed by atoms with Gasteiger partial charge in [-0.1, -0.05) is 45.9 Å². The normalized spacial score (nSPS) is 22.1. The fourth-order valence-corrected chi connectivity index (χ4v) is 8.57. The van der Waals surface area contributed by atoms with E-state index in [4.69, 9.17) is 21.1 Å². The summed E-state index contributed by atoms with van der Waals surface area (Å²) in [6, 6.07) is 15.8. The molecule has 1 aliphatic carbocycles. The molecule has 2 aliphatic heterocycles. The standard InChI is InChI=1S/C41H50ClN7O5/c1-27-8-15-34(37(52)45-27)49-35(50)23-28(26-44-49)7-6-21-53-22-20-47-16-18-48(19-17-47)31-12-9-29(10-13-31)36(51)46-38-40(2,3)39(41(38,4)5)54-32-14-11-30(25-43)33(42)24-32/h9-14,23-24,26,34,38-39H,1,6-8,15-22H2,2-5H3,(H,45,52)(H,46,51). The van der Waals surface area contributed by atoms with Gasteiger partial charge in [0.25, 0.3) is 11.5 Å².